The predicted molar refractivity (Wildman–Crippen MR) is 54.1 cm³/mol. The third-order valence-electron chi connectivity index (χ3n) is 2.02. The fourth-order valence-electron chi connectivity index (χ4n) is 1.27. The lowest BCUT2D eigenvalue weighted by Crippen LogP contribution is -2.17. The SMILES string of the molecule is Cn1cc(CNCCC(=O)O)cc1C#N. The molecule has 0 bridgehead atoms. The predicted octanol–water partition coefficient (Wildman–Crippen LogP) is 0.461. The number of aromatic nitrogens is 1. The summed E-state index contributed by atoms with van der Waals surface area (Å²) in [4.78, 5) is 10.2. The Labute approximate surface area is 87.9 Å². The number of aryl methyl sites for hydroxylation is 1. The zero-order chi connectivity index (χ0) is 11.3. The van der Waals surface area contributed by atoms with Crippen LogP contribution >= 0.6 is 0 Å². The van der Waals surface area contributed by atoms with Crippen molar-refractivity contribution >= 4 is 5.97 Å². The number of nitrogens with one attached hydrogen (secondary N) is 1. The van der Waals surface area contributed by atoms with Gasteiger partial charge in [-0.1, -0.05) is 0 Å². The first kappa shape index (κ1) is 11.3. The number of aliphatic carboxylic acids is 1. The van der Waals surface area contributed by atoms with E-state index in [0.29, 0.717) is 18.8 Å². The van der Waals surface area contributed by atoms with E-state index >= 15 is 0 Å². The van der Waals surface area contributed by atoms with E-state index in [0.717, 1.165) is 5.56 Å². The molecule has 5 heteroatoms. The van der Waals surface area contributed by atoms with Gasteiger partial charge in [0, 0.05) is 26.3 Å². The number of hydrogen-bond acceptors (Lipinski definition) is 3. The second-order valence-electron chi connectivity index (χ2n) is 3.28. The number of carbonyl (C=O) groups is 1. The zero-order valence-corrected chi connectivity index (χ0v) is 8.53. The molecule has 0 aliphatic carbocycles. The number of nitriles is 1. The molecule has 0 saturated carbocycles. The van der Waals surface area contributed by atoms with Gasteiger partial charge in [-0.15, -0.1) is 0 Å². The van der Waals surface area contributed by atoms with Crippen LogP contribution < -0.4 is 5.32 Å². The molecule has 5 nitrogen and oxygen atoms in total. The smallest absolute Gasteiger partial charge is 0.304 e. The molecule has 0 radical (unpaired) electrons. The molecule has 0 unspecified atom stereocenters. The Kier molecular flexibility index (Phi) is 3.89. The monoisotopic (exact) mass is 207 g/mol. The quantitative estimate of drug-likeness (QED) is 0.687. The molecule has 0 amide bonds. The molecule has 0 aliphatic heterocycles. The maximum atomic E-state index is 10.2. The zero-order valence-electron chi connectivity index (χ0n) is 8.53. The molecular weight excluding hydrogens is 194 g/mol. The summed E-state index contributed by atoms with van der Waals surface area (Å²) >= 11 is 0. The molecule has 1 aromatic rings. The number of carboxylic acid groups (broad SMARTS) is 1. The van der Waals surface area contributed by atoms with Crippen molar-refractivity contribution in [3.05, 3.63) is 23.5 Å². The lowest BCUT2D eigenvalue weighted by molar-refractivity contribution is -0.136. The first-order chi connectivity index (χ1) is 7.13. The van der Waals surface area contributed by atoms with Crippen molar-refractivity contribution < 1.29 is 9.90 Å². The van der Waals surface area contributed by atoms with Gasteiger partial charge < -0.3 is 15.0 Å². The molecule has 15 heavy (non-hydrogen) atoms. The van der Waals surface area contributed by atoms with E-state index in [9.17, 15) is 4.79 Å². The Hall–Kier alpha value is -1.80. The van der Waals surface area contributed by atoms with Crippen LogP contribution in [-0.2, 0) is 18.4 Å². The Morgan fingerprint density at radius 2 is 2.47 bits per heavy atom. The molecule has 0 atom stereocenters. The molecular formula is C10H13N3O2. The van der Waals surface area contributed by atoms with Crippen LogP contribution in [0.4, 0.5) is 0 Å². The van der Waals surface area contributed by atoms with E-state index in [-0.39, 0.29) is 6.42 Å². The highest BCUT2D eigenvalue weighted by atomic mass is 16.4. The van der Waals surface area contributed by atoms with Gasteiger partial charge >= 0.3 is 5.97 Å². The van der Waals surface area contributed by atoms with Crippen LogP contribution in [0.15, 0.2) is 12.3 Å². The maximum absolute atomic E-state index is 10.2. The minimum Gasteiger partial charge on any atom is -0.481 e. The van der Waals surface area contributed by atoms with Crippen LogP contribution in [0.2, 0.25) is 0 Å². The summed E-state index contributed by atoms with van der Waals surface area (Å²) in [6, 6.07) is 3.85. The molecule has 80 valence electrons. The van der Waals surface area contributed by atoms with Crippen molar-refractivity contribution in [3.63, 3.8) is 0 Å². The highest BCUT2D eigenvalue weighted by Crippen LogP contribution is 2.05. The summed E-state index contributed by atoms with van der Waals surface area (Å²) in [6.45, 7) is 1.02. The lowest BCUT2D eigenvalue weighted by atomic mass is 10.3. The van der Waals surface area contributed by atoms with Crippen LogP contribution in [0.3, 0.4) is 0 Å². The Morgan fingerprint density at radius 3 is 3.00 bits per heavy atom. The van der Waals surface area contributed by atoms with Crippen LogP contribution in [0.1, 0.15) is 17.7 Å². The molecule has 1 aromatic heterocycles. The summed E-state index contributed by atoms with van der Waals surface area (Å²) in [7, 11) is 1.80. The van der Waals surface area contributed by atoms with Gasteiger partial charge in [0.15, 0.2) is 0 Å². The van der Waals surface area contributed by atoms with E-state index in [4.69, 9.17) is 10.4 Å². The Morgan fingerprint density at radius 1 is 1.73 bits per heavy atom. The van der Waals surface area contributed by atoms with Gasteiger partial charge in [0.05, 0.1) is 6.42 Å². The molecule has 0 spiro atoms. The third kappa shape index (κ3) is 3.44. The normalized spacial score (nSPS) is 9.87. The number of rotatable bonds is 5. The van der Waals surface area contributed by atoms with Crippen molar-refractivity contribution in [2.75, 3.05) is 6.54 Å². The van der Waals surface area contributed by atoms with Gasteiger partial charge in [0.2, 0.25) is 0 Å². The van der Waals surface area contributed by atoms with Crippen LogP contribution in [0.5, 0.6) is 0 Å². The average Bonchev–Trinajstić information content (AvgIpc) is 2.53. The Balaban J connectivity index is 2.38. The second kappa shape index (κ2) is 5.17. The van der Waals surface area contributed by atoms with E-state index in [2.05, 4.69) is 11.4 Å². The fourth-order valence-corrected chi connectivity index (χ4v) is 1.27. The van der Waals surface area contributed by atoms with Crippen molar-refractivity contribution in [3.8, 4) is 6.07 Å². The largest absolute Gasteiger partial charge is 0.481 e. The van der Waals surface area contributed by atoms with Gasteiger partial charge in [0.25, 0.3) is 0 Å². The fraction of sp³-hybridized carbons (Fsp3) is 0.400. The summed E-state index contributed by atoms with van der Waals surface area (Å²) < 4.78 is 1.74. The maximum Gasteiger partial charge on any atom is 0.304 e. The van der Waals surface area contributed by atoms with Crippen LogP contribution in [0.25, 0.3) is 0 Å². The van der Waals surface area contributed by atoms with Crippen molar-refractivity contribution in [2.24, 2.45) is 7.05 Å². The summed E-state index contributed by atoms with van der Waals surface area (Å²) in [5.74, 6) is -0.812. The van der Waals surface area contributed by atoms with Gasteiger partial charge in [-0.05, 0) is 11.6 Å². The van der Waals surface area contributed by atoms with Gasteiger partial charge in [0.1, 0.15) is 11.8 Å². The molecule has 0 fully saturated rings. The van der Waals surface area contributed by atoms with Crippen molar-refractivity contribution in [1.82, 2.24) is 9.88 Å². The second-order valence-corrected chi connectivity index (χ2v) is 3.28. The van der Waals surface area contributed by atoms with E-state index in [1.54, 1.807) is 17.7 Å². The summed E-state index contributed by atoms with van der Waals surface area (Å²) in [6.07, 6.45) is 1.96. The van der Waals surface area contributed by atoms with Crippen molar-refractivity contribution in [2.45, 2.75) is 13.0 Å². The minimum absolute atomic E-state index is 0.109. The van der Waals surface area contributed by atoms with Gasteiger partial charge in [-0.2, -0.15) is 5.26 Å². The van der Waals surface area contributed by atoms with Gasteiger partial charge in [-0.25, -0.2) is 0 Å². The van der Waals surface area contributed by atoms with Crippen LogP contribution in [0, 0.1) is 11.3 Å². The molecule has 0 saturated heterocycles. The minimum atomic E-state index is -0.812. The van der Waals surface area contributed by atoms with Gasteiger partial charge in [-0.3, -0.25) is 4.79 Å². The highest BCUT2D eigenvalue weighted by Gasteiger charge is 2.02. The number of nitrogens with zero attached hydrogens (tertiary/aromatic N) is 2. The van der Waals surface area contributed by atoms with E-state index in [1.807, 2.05) is 6.20 Å². The average molecular weight is 207 g/mol. The Bertz CT molecular complexity index is 390. The third-order valence-corrected chi connectivity index (χ3v) is 2.02. The molecule has 1 heterocycles. The first-order valence-corrected chi connectivity index (χ1v) is 4.61. The molecule has 0 aromatic carbocycles. The molecule has 2 N–H and O–H groups in total. The number of carboxylic acids is 1. The standard InChI is InChI=1S/C10H13N3O2/c1-13-7-8(4-9(13)5-11)6-12-3-2-10(14)15/h4,7,12H,2-3,6H2,1H3,(H,14,15). The lowest BCUT2D eigenvalue weighted by Gasteiger charge is -1.99. The topological polar surface area (TPSA) is 78.1 Å². The highest BCUT2D eigenvalue weighted by molar-refractivity contribution is 5.66. The van der Waals surface area contributed by atoms with E-state index in [1.165, 1.54) is 0 Å². The van der Waals surface area contributed by atoms with E-state index < -0.39 is 5.97 Å². The van der Waals surface area contributed by atoms with Crippen LogP contribution in [-0.4, -0.2) is 22.2 Å². The number of hydrogen-bond donors (Lipinski definition) is 2. The summed E-state index contributed by atoms with van der Waals surface area (Å²) in [5.41, 5.74) is 1.59. The van der Waals surface area contributed by atoms with Crippen molar-refractivity contribution in [1.29, 1.82) is 5.26 Å². The molecule has 1 rings (SSSR count). The summed E-state index contributed by atoms with van der Waals surface area (Å²) in [5, 5.41) is 20.1. The first-order valence-electron chi connectivity index (χ1n) is 4.61. The molecule has 0 aliphatic rings.